The van der Waals surface area contributed by atoms with Gasteiger partial charge in [-0.15, -0.1) is 0 Å². The molecule has 1 unspecified atom stereocenters. The van der Waals surface area contributed by atoms with E-state index in [0.29, 0.717) is 11.3 Å². The number of rotatable bonds is 6. The molecule has 30 heavy (non-hydrogen) atoms. The molecule has 3 aromatic heterocycles. The molecule has 1 atom stereocenters. The second-order valence-electron chi connectivity index (χ2n) is 8.00. The zero-order valence-corrected chi connectivity index (χ0v) is 17.7. The summed E-state index contributed by atoms with van der Waals surface area (Å²) in [6, 6.07) is 15.1. The average molecular weight is 402 g/mol. The minimum atomic E-state index is -0.389. The normalized spacial score (nSPS) is 12.6. The molecule has 3 heterocycles. The molecule has 6 nitrogen and oxygen atoms in total. The summed E-state index contributed by atoms with van der Waals surface area (Å²) in [5.74, 6) is 0.686. The van der Waals surface area contributed by atoms with Crippen LogP contribution in [0, 0.1) is 0 Å². The van der Waals surface area contributed by atoms with Crippen molar-refractivity contribution >= 4 is 16.9 Å². The SMILES string of the molecule is CC(C)c1cc(C(=O)NC(c2ccccc2)c2ccco2)c2cnn(C(C)C)c2n1. The van der Waals surface area contributed by atoms with Crippen LogP contribution in [-0.2, 0) is 0 Å². The fraction of sp³-hybridized carbons (Fsp3) is 0.292. The number of pyridine rings is 1. The van der Waals surface area contributed by atoms with Crippen LogP contribution in [0.3, 0.4) is 0 Å². The molecule has 0 saturated heterocycles. The molecule has 0 bridgehead atoms. The average Bonchev–Trinajstić information content (AvgIpc) is 3.41. The molecule has 1 N–H and O–H groups in total. The van der Waals surface area contributed by atoms with Crippen molar-refractivity contribution in [1.29, 1.82) is 0 Å². The highest BCUT2D eigenvalue weighted by molar-refractivity contribution is 6.05. The highest BCUT2D eigenvalue weighted by atomic mass is 16.3. The van der Waals surface area contributed by atoms with Gasteiger partial charge in [0.1, 0.15) is 11.8 Å². The fourth-order valence-corrected chi connectivity index (χ4v) is 3.53. The summed E-state index contributed by atoms with van der Waals surface area (Å²) in [5, 5.41) is 8.38. The van der Waals surface area contributed by atoms with E-state index < -0.39 is 0 Å². The molecule has 0 aliphatic rings. The summed E-state index contributed by atoms with van der Waals surface area (Å²) in [4.78, 5) is 18.3. The smallest absolute Gasteiger partial charge is 0.253 e. The summed E-state index contributed by atoms with van der Waals surface area (Å²) < 4.78 is 7.49. The Morgan fingerprint density at radius 3 is 2.47 bits per heavy atom. The van der Waals surface area contributed by atoms with Gasteiger partial charge in [0.15, 0.2) is 5.65 Å². The van der Waals surface area contributed by atoms with Crippen LogP contribution in [-0.4, -0.2) is 20.7 Å². The van der Waals surface area contributed by atoms with Crippen LogP contribution in [0.15, 0.2) is 65.4 Å². The number of hydrogen-bond acceptors (Lipinski definition) is 4. The molecule has 154 valence electrons. The molecule has 4 rings (SSSR count). The Hall–Kier alpha value is -3.41. The fourth-order valence-electron chi connectivity index (χ4n) is 3.53. The summed E-state index contributed by atoms with van der Waals surface area (Å²) in [7, 11) is 0. The van der Waals surface area contributed by atoms with E-state index in [1.165, 1.54) is 0 Å². The van der Waals surface area contributed by atoms with Crippen LogP contribution in [0.1, 0.15) is 73.1 Å². The van der Waals surface area contributed by atoms with Gasteiger partial charge in [-0.2, -0.15) is 5.10 Å². The molecule has 0 aliphatic heterocycles. The second kappa shape index (κ2) is 8.14. The van der Waals surface area contributed by atoms with Crippen LogP contribution >= 0.6 is 0 Å². The second-order valence-corrected chi connectivity index (χ2v) is 8.00. The van der Waals surface area contributed by atoms with Crippen molar-refractivity contribution in [3.63, 3.8) is 0 Å². The lowest BCUT2D eigenvalue weighted by molar-refractivity contribution is 0.0940. The predicted octanol–water partition coefficient (Wildman–Crippen LogP) is 5.25. The Labute approximate surface area is 175 Å². The van der Waals surface area contributed by atoms with E-state index in [9.17, 15) is 4.79 Å². The number of furan rings is 1. The predicted molar refractivity (Wildman–Crippen MR) is 116 cm³/mol. The van der Waals surface area contributed by atoms with Crippen molar-refractivity contribution in [3.8, 4) is 0 Å². The number of benzene rings is 1. The van der Waals surface area contributed by atoms with Gasteiger partial charge in [-0.3, -0.25) is 4.79 Å². The van der Waals surface area contributed by atoms with Crippen molar-refractivity contribution in [2.45, 2.75) is 45.7 Å². The molecule has 0 radical (unpaired) electrons. The molecule has 6 heteroatoms. The number of fused-ring (bicyclic) bond motifs is 1. The number of nitrogens with zero attached hydrogens (tertiary/aromatic N) is 3. The van der Waals surface area contributed by atoms with Crippen molar-refractivity contribution in [1.82, 2.24) is 20.1 Å². The molecule has 0 saturated carbocycles. The van der Waals surface area contributed by atoms with E-state index in [0.717, 1.165) is 22.3 Å². The third-order valence-electron chi connectivity index (χ3n) is 5.15. The van der Waals surface area contributed by atoms with Gasteiger partial charge < -0.3 is 9.73 Å². The van der Waals surface area contributed by atoms with Crippen LogP contribution < -0.4 is 5.32 Å². The maximum absolute atomic E-state index is 13.5. The lowest BCUT2D eigenvalue weighted by Crippen LogP contribution is -2.29. The van der Waals surface area contributed by atoms with E-state index in [2.05, 4.69) is 38.1 Å². The Morgan fingerprint density at radius 1 is 1.07 bits per heavy atom. The number of hydrogen-bond donors (Lipinski definition) is 1. The van der Waals surface area contributed by atoms with Crippen molar-refractivity contribution in [3.05, 3.63) is 83.6 Å². The van der Waals surface area contributed by atoms with Crippen LogP contribution in [0.4, 0.5) is 0 Å². The van der Waals surface area contributed by atoms with Crippen LogP contribution in [0.2, 0.25) is 0 Å². The summed E-state index contributed by atoms with van der Waals surface area (Å²) in [6.07, 6.45) is 3.34. The van der Waals surface area contributed by atoms with Gasteiger partial charge in [-0.25, -0.2) is 9.67 Å². The lowest BCUT2D eigenvalue weighted by Gasteiger charge is -2.18. The number of carbonyl (C=O) groups is 1. The van der Waals surface area contributed by atoms with Gasteiger partial charge in [-0.05, 0) is 43.5 Å². The minimum Gasteiger partial charge on any atom is -0.467 e. The third kappa shape index (κ3) is 3.73. The molecule has 4 aromatic rings. The van der Waals surface area contributed by atoms with Crippen LogP contribution in [0.5, 0.6) is 0 Å². The lowest BCUT2D eigenvalue weighted by atomic mass is 10.0. The molecule has 1 amide bonds. The largest absolute Gasteiger partial charge is 0.467 e. The number of nitrogens with one attached hydrogen (secondary N) is 1. The van der Waals surface area contributed by atoms with Crippen molar-refractivity contribution in [2.75, 3.05) is 0 Å². The quantitative estimate of drug-likeness (QED) is 0.478. The molecule has 0 aliphatic carbocycles. The Morgan fingerprint density at radius 2 is 1.83 bits per heavy atom. The Kier molecular flexibility index (Phi) is 5.40. The standard InChI is InChI=1S/C24H26N4O2/c1-15(2)20-13-18(19-14-25-28(16(3)4)23(19)26-20)24(29)27-22(21-11-8-12-30-21)17-9-6-5-7-10-17/h5-16,22H,1-4H3,(H,27,29). The summed E-state index contributed by atoms with van der Waals surface area (Å²) in [5.41, 5.74) is 3.12. The first kappa shape index (κ1) is 19.9. The minimum absolute atomic E-state index is 0.147. The van der Waals surface area contributed by atoms with E-state index in [1.807, 2.05) is 53.2 Å². The molecule has 0 spiro atoms. The van der Waals surface area contributed by atoms with Crippen LogP contribution in [0.25, 0.3) is 11.0 Å². The third-order valence-corrected chi connectivity index (χ3v) is 5.15. The first-order valence-electron chi connectivity index (χ1n) is 10.2. The topological polar surface area (TPSA) is 73.0 Å². The Balaban J connectivity index is 1.78. The van der Waals surface area contributed by atoms with Gasteiger partial charge in [0, 0.05) is 11.7 Å². The molecule has 0 fully saturated rings. The van der Waals surface area contributed by atoms with Gasteiger partial charge in [0.05, 0.1) is 23.4 Å². The monoisotopic (exact) mass is 402 g/mol. The molecule has 1 aromatic carbocycles. The maximum Gasteiger partial charge on any atom is 0.253 e. The van der Waals surface area contributed by atoms with Crippen molar-refractivity contribution in [2.24, 2.45) is 0 Å². The van der Waals surface area contributed by atoms with E-state index >= 15 is 0 Å². The van der Waals surface area contributed by atoms with Gasteiger partial charge >= 0.3 is 0 Å². The highest BCUT2D eigenvalue weighted by Crippen LogP contribution is 2.27. The van der Waals surface area contributed by atoms with Gasteiger partial charge in [-0.1, -0.05) is 44.2 Å². The van der Waals surface area contributed by atoms with Crippen molar-refractivity contribution < 1.29 is 9.21 Å². The first-order chi connectivity index (χ1) is 14.5. The zero-order valence-electron chi connectivity index (χ0n) is 17.7. The van der Waals surface area contributed by atoms with E-state index in [-0.39, 0.29) is 23.9 Å². The highest BCUT2D eigenvalue weighted by Gasteiger charge is 2.24. The summed E-state index contributed by atoms with van der Waals surface area (Å²) in [6.45, 7) is 8.25. The number of amides is 1. The van der Waals surface area contributed by atoms with E-state index in [1.54, 1.807) is 12.5 Å². The number of carbonyl (C=O) groups excluding carboxylic acids is 1. The maximum atomic E-state index is 13.5. The number of aromatic nitrogens is 3. The Bertz CT molecular complexity index is 1140. The first-order valence-corrected chi connectivity index (χ1v) is 10.2. The van der Waals surface area contributed by atoms with E-state index in [4.69, 9.17) is 9.40 Å². The van der Waals surface area contributed by atoms with Gasteiger partial charge in [0.2, 0.25) is 0 Å². The summed E-state index contributed by atoms with van der Waals surface area (Å²) >= 11 is 0. The van der Waals surface area contributed by atoms with Gasteiger partial charge in [0.25, 0.3) is 5.91 Å². The molecular weight excluding hydrogens is 376 g/mol. The zero-order chi connectivity index (χ0) is 21.3. The molecular formula is C24H26N4O2.